The number of hydrogen-bond acceptors (Lipinski definition) is 6. The molecule has 168 valence electrons. The molecule has 0 radical (unpaired) electrons. The van der Waals surface area contributed by atoms with Crippen LogP contribution < -0.4 is 15.1 Å². The number of benzene rings is 1. The van der Waals surface area contributed by atoms with E-state index < -0.39 is 23.8 Å². The number of halogens is 2. The second-order valence-electron chi connectivity index (χ2n) is 7.85. The van der Waals surface area contributed by atoms with Crippen molar-refractivity contribution in [2.45, 2.75) is 25.9 Å². The third-order valence-corrected chi connectivity index (χ3v) is 5.44. The van der Waals surface area contributed by atoms with E-state index in [-0.39, 0.29) is 68.4 Å². The molecule has 1 atom stereocenters. The Labute approximate surface area is 177 Å². The van der Waals surface area contributed by atoms with E-state index >= 15 is 0 Å². The molecule has 0 bridgehead atoms. The maximum atomic E-state index is 14.9. The fourth-order valence-corrected chi connectivity index (χ4v) is 3.69. The van der Waals surface area contributed by atoms with E-state index in [0.717, 1.165) is 29.9 Å². The van der Waals surface area contributed by atoms with Gasteiger partial charge in [0.1, 0.15) is 11.8 Å². The van der Waals surface area contributed by atoms with Crippen LogP contribution >= 0.6 is 0 Å². The van der Waals surface area contributed by atoms with Gasteiger partial charge in [0.25, 0.3) is 0 Å². The summed E-state index contributed by atoms with van der Waals surface area (Å²) in [5.41, 5.74) is -0.193. The van der Waals surface area contributed by atoms with Gasteiger partial charge in [-0.25, -0.2) is 18.6 Å². The van der Waals surface area contributed by atoms with Crippen LogP contribution in [0.4, 0.5) is 25.0 Å². The molecule has 1 unspecified atom stereocenters. The van der Waals surface area contributed by atoms with Crippen LogP contribution in [0.25, 0.3) is 0 Å². The SMILES string of the molecule is CC(=O)NCC1CN(c2cc(F)c(N3CCON(C(=O)C4CC4)CC3)c(F)c2)C(=O)O1. The number of carbonyl (C=O) groups excluding carboxylic acids is 3. The minimum atomic E-state index is -0.824. The Balaban J connectivity index is 1.45. The molecule has 1 N–H and O–H groups in total. The van der Waals surface area contributed by atoms with E-state index in [4.69, 9.17) is 9.57 Å². The van der Waals surface area contributed by atoms with E-state index in [1.807, 2.05) is 0 Å². The molecule has 1 aromatic rings. The topological polar surface area (TPSA) is 91.4 Å². The summed E-state index contributed by atoms with van der Waals surface area (Å²) in [4.78, 5) is 43.4. The number of cyclic esters (lactones) is 1. The summed E-state index contributed by atoms with van der Waals surface area (Å²) in [6, 6.07) is 2.17. The normalized spacial score (nSPS) is 21.7. The lowest BCUT2D eigenvalue weighted by molar-refractivity contribution is -0.183. The van der Waals surface area contributed by atoms with Gasteiger partial charge in [0.05, 0.1) is 31.9 Å². The third-order valence-electron chi connectivity index (χ3n) is 5.44. The number of anilines is 2. The number of hydrogen-bond donors (Lipinski definition) is 1. The molecule has 3 amide bonds. The van der Waals surface area contributed by atoms with Crippen molar-refractivity contribution in [1.29, 1.82) is 0 Å². The van der Waals surface area contributed by atoms with Crippen LogP contribution in [0.5, 0.6) is 0 Å². The maximum Gasteiger partial charge on any atom is 0.414 e. The van der Waals surface area contributed by atoms with Crippen LogP contribution in [-0.2, 0) is 19.2 Å². The van der Waals surface area contributed by atoms with Crippen molar-refractivity contribution in [2.75, 3.05) is 49.1 Å². The van der Waals surface area contributed by atoms with Crippen molar-refractivity contribution in [3.63, 3.8) is 0 Å². The van der Waals surface area contributed by atoms with Crippen molar-refractivity contribution >= 4 is 29.3 Å². The van der Waals surface area contributed by atoms with Crippen molar-refractivity contribution in [2.24, 2.45) is 5.92 Å². The summed E-state index contributed by atoms with van der Waals surface area (Å²) < 4.78 is 35.0. The standard InChI is InChI=1S/C20H24F2N4O5/c1-12(27)23-10-15-11-25(20(29)31-15)14-8-16(21)18(17(22)9-14)24-4-5-26(30-7-6-24)19(28)13-2-3-13/h8-9,13,15H,2-7,10-11H2,1H3,(H,23,27). The Morgan fingerprint density at radius 2 is 1.87 bits per heavy atom. The number of carbonyl (C=O) groups is 3. The predicted molar refractivity (Wildman–Crippen MR) is 105 cm³/mol. The Morgan fingerprint density at radius 3 is 2.52 bits per heavy atom. The first-order valence-corrected chi connectivity index (χ1v) is 10.2. The molecule has 2 saturated heterocycles. The summed E-state index contributed by atoms with van der Waals surface area (Å²) in [6.45, 7) is 2.29. The first-order valence-electron chi connectivity index (χ1n) is 10.2. The highest BCUT2D eigenvalue weighted by molar-refractivity contribution is 5.90. The molecule has 1 aromatic carbocycles. The molecule has 2 heterocycles. The van der Waals surface area contributed by atoms with Gasteiger partial charge in [0.15, 0.2) is 11.6 Å². The average molecular weight is 438 g/mol. The molecule has 0 spiro atoms. The quantitative estimate of drug-likeness (QED) is 0.748. The summed E-state index contributed by atoms with van der Waals surface area (Å²) in [6.07, 6.45) is 0.342. The fourth-order valence-electron chi connectivity index (χ4n) is 3.69. The molecule has 3 aliphatic rings. The number of ether oxygens (including phenoxy) is 1. The third kappa shape index (κ3) is 4.71. The van der Waals surface area contributed by atoms with Crippen LogP contribution in [0.15, 0.2) is 12.1 Å². The number of hydroxylamine groups is 2. The van der Waals surface area contributed by atoms with Gasteiger partial charge in [0.2, 0.25) is 11.8 Å². The monoisotopic (exact) mass is 438 g/mol. The molecule has 4 rings (SSSR count). The minimum absolute atomic E-state index is 0.00556. The van der Waals surface area contributed by atoms with Gasteiger partial charge in [-0.2, -0.15) is 0 Å². The van der Waals surface area contributed by atoms with E-state index in [1.54, 1.807) is 0 Å². The van der Waals surface area contributed by atoms with Crippen LogP contribution in [0, 0.1) is 17.6 Å². The summed E-state index contributed by atoms with van der Waals surface area (Å²) in [5.74, 6) is -2.01. The average Bonchev–Trinajstić information content (AvgIpc) is 3.52. The highest BCUT2D eigenvalue weighted by Gasteiger charge is 2.36. The van der Waals surface area contributed by atoms with Crippen molar-refractivity contribution in [1.82, 2.24) is 10.4 Å². The number of nitrogens with zero attached hydrogens (tertiary/aromatic N) is 3. The van der Waals surface area contributed by atoms with Gasteiger partial charge >= 0.3 is 6.09 Å². The predicted octanol–water partition coefficient (Wildman–Crippen LogP) is 1.42. The molecule has 1 aliphatic carbocycles. The Bertz CT molecular complexity index is 871. The molecule has 0 aromatic heterocycles. The lowest BCUT2D eigenvalue weighted by atomic mass is 10.2. The summed E-state index contributed by atoms with van der Waals surface area (Å²) in [7, 11) is 0. The first-order chi connectivity index (χ1) is 14.8. The maximum absolute atomic E-state index is 14.9. The summed E-state index contributed by atoms with van der Waals surface area (Å²) >= 11 is 0. The van der Waals surface area contributed by atoms with E-state index in [9.17, 15) is 23.2 Å². The molecule has 2 aliphatic heterocycles. The van der Waals surface area contributed by atoms with Crippen LogP contribution in [0.2, 0.25) is 0 Å². The molecule has 9 nitrogen and oxygen atoms in total. The van der Waals surface area contributed by atoms with E-state index in [1.165, 1.54) is 16.9 Å². The molecule has 1 saturated carbocycles. The molecular weight excluding hydrogens is 414 g/mol. The van der Waals surface area contributed by atoms with Crippen LogP contribution in [0.1, 0.15) is 19.8 Å². The van der Waals surface area contributed by atoms with Gasteiger partial charge in [-0.15, -0.1) is 0 Å². The van der Waals surface area contributed by atoms with Gasteiger partial charge < -0.3 is 15.0 Å². The minimum Gasteiger partial charge on any atom is -0.442 e. The van der Waals surface area contributed by atoms with Crippen LogP contribution in [0.3, 0.4) is 0 Å². The lowest BCUT2D eigenvalue weighted by Crippen LogP contribution is -2.35. The smallest absolute Gasteiger partial charge is 0.414 e. The Hall–Kier alpha value is -2.95. The van der Waals surface area contributed by atoms with Gasteiger partial charge in [-0.1, -0.05) is 0 Å². The Morgan fingerprint density at radius 1 is 1.16 bits per heavy atom. The molecule has 31 heavy (non-hydrogen) atoms. The van der Waals surface area contributed by atoms with Gasteiger partial charge in [-0.3, -0.25) is 19.3 Å². The Kier molecular flexibility index (Phi) is 5.94. The number of amides is 3. The second-order valence-corrected chi connectivity index (χ2v) is 7.85. The van der Waals surface area contributed by atoms with Crippen molar-refractivity contribution in [3.05, 3.63) is 23.8 Å². The zero-order valence-electron chi connectivity index (χ0n) is 17.1. The second kappa shape index (κ2) is 8.66. The number of nitrogens with one attached hydrogen (secondary N) is 1. The highest BCUT2D eigenvalue weighted by atomic mass is 19.1. The molecule has 3 fully saturated rings. The first kappa shape index (κ1) is 21.3. The van der Waals surface area contributed by atoms with Gasteiger partial charge in [0, 0.05) is 38.1 Å². The molecular formula is C20H24F2N4O5. The molecule has 11 heteroatoms. The van der Waals surface area contributed by atoms with Crippen molar-refractivity contribution in [3.8, 4) is 0 Å². The lowest BCUT2D eigenvalue weighted by Gasteiger charge is -2.24. The van der Waals surface area contributed by atoms with E-state index in [2.05, 4.69) is 5.32 Å². The van der Waals surface area contributed by atoms with E-state index in [0.29, 0.717) is 0 Å². The zero-order valence-corrected chi connectivity index (χ0v) is 17.1. The van der Waals surface area contributed by atoms with Crippen molar-refractivity contribution < 1.29 is 32.7 Å². The fraction of sp³-hybridized carbons (Fsp3) is 0.550. The highest BCUT2D eigenvalue weighted by Crippen LogP contribution is 2.33. The van der Waals surface area contributed by atoms with Gasteiger partial charge in [-0.05, 0) is 12.8 Å². The zero-order chi connectivity index (χ0) is 22.1. The van der Waals surface area contributed by atoms with Crippen LogP contribution in [-0.4, -0.2) is 68.4 Å². The summed E-state index contributed by atoms with van der Waals surface area (Å²) in [5, 5.41) is 3.83. The largest absolute Gasteiger partial charge is 0.442 e. The number of rotatable bonds is 5.